The summed E-state index contributed by atoms with van der Waals surface area (Å²) in [6.45, 7) is 1.34. The number of fused-ring (bicyclic) bond motifs is 1. The molecule has 19 heavy (non-hydrogen) atoms. The molecule has 0 amide bonds. The summed E-state index contributed by atoms with van der Waals surface area (Å²) in [5.74, 6) is 1.12. The molecule has 6 heteroatoms. The van der Waals surface area contributed by atoms with Gasteiger partial charge >= 0.3 is 0 Å². The lowest BCUT2D eigenvalue weighted by molar-refractivity contribution is 0.445. The van der Waals surface area contributed by atoms with E-state index >= 15 is 0 Å². The number of sulfonamides is 1. The number of nitrogens with one attached hydrogen (secondary N) is 1. The molecule has 0 bridgehead atoms. The van der Waals surface area contributed by atoms with Crippen LogP contribution in [0.4, 0.5) is 5.69 Å². The van der Waals surface area contributed by atoms with Crippen molar-refractivity contribution in [1.82, 2.24) is 9.29 Å². The van der Waals surface area contributed by atoms with Crippen molar-refractivity contribution in [3.05, 3.63) is 18.5 Å². The van der Waals surface area contributed by atoms with E-state index in [1.807, 2.05) is 0 Å². The van der Waals surface area contributed by atoms with Crippen molar-refractivity contribution in [2.24, 2.45) is 11.8 Å². The van der Waals surface area contributed by atoms with Gasteiger partial charge in [0.2, 0.25) is 10.0 Å². The molecule has 1 aromatic heterocycles. The van der Waals surface area contributed by atoms with Gasteiger partial charge in [-0.15, -0.1) is 0 Å². The highest BCUT2D eigenvalue weighted by atomic mass is 32.2. The van der Waals surface area contributed by atoms with Crippen LogP contribution >= 0.6 is 0 Å². The zero-order valence-electron chi connectivity index (χ0n) is 11.0. The van der Waals surface area contributed by atoms with E-state index in [4.69, 9.17) is 0 Å². The number of pyridine rings is 1. The number of anilines is 1. The van der Waals surface area contributed by atoms with Gasteiger partial charge in [-0.25, -0.2) is 8.42 Å². The maximum atomic E-state index is 12.7. The van der Waals surface area contributed by atoms with E-state index in [1.165, 1.54) is 25.5 Å². The van der Waals surface area contributed by atoms with Gasteiger partial charge in [-0.05, 0) is 30.7 Å². The van der Waals surface area contributed by atoms with Gasteiger partial charge in [0.15, 0.2) is 0 Å². The molecule has 1 aliphatic heterocycles. The van der Waals surface area contributed by atoms with Crippen LogP contribution in [0.5, 0.6) is 0 Å². The predicted molar refractivity (Wildman–Crippen MR) is 73.4 cm³/mol. The molecular formula is C13H19N3O2S. The fourth-order valence-electron chi connectivity index (χ4n) is 3.32. The standard InChI is InChI=1S/C13H19N3O2S/c1-14-12-5-6-15-7-13(12)19(17,18)16-8-10-3-2-4-11(10)9-16/h5-7,10-11H,2-4,8-9H2,1H3,(H,14,15). The molecule has 1 saturated carbocycles. The summed E-state index contributed by atoms with van der Waals surface area (Å²) in [7, 11) is -1.69. The van der Waals surface area contributed by atoms with E-state index in [2.05, 4.69) is 10.3 Å². The summed E-state index contributed by atoms with van der Waals surface area (Å²) in [4.78, 5) is 4.25. The quantitative estimate of drug-likeness (QED) is 0.913. The van der Waals surface area contributed by atoms with Gasteiger partial charge in [-0.2, -0.15) is 4.31 Å². The van der Waals surface area contributed by atoms with Crippen molar-refractivity contribution < 1.29 is 8.42 Å². The number of rotatable bonds is 3. The minimum atomic E-state index is -3.42. The largest absolute Gasteiger partial charge is 0.387 e. The normalized spacial score (nSPS) is 27.4. The van der Waals surface area contributed by atoms with E-state index in [-0.39, 0.29) is 4.90 Å². The van der Waals surface area contributed by atoms with Gasteiger partial charge < -0.3 is 5.32 Å². The molecule has 0 radical (unpaired) electrons. The minimum Gasteiger partial charge on any atom is -0.387 e. The van der Waals surface area contributed by atoms with E-state index in [1.54, 1.807) is 23.6 Å². The van der Waals surface area contributed by atoms with Crippen LogP contribution in [0.1, 0.15) is 19.3 Å². The van der Waals surface area contributed by atoms with Crippen molar-refractivity contribution in [2.45, 2.75) is 24.2 Å². The Labute approximate surface area is 114 Å². The molecule has 3 rings (SSSR count). The summed E-state index contributed by atoms with van der Waals surface area (Å²) in [6.07, 6.45) is 6.63. The first kappa shape index (κ1) is 12.9. The Morgan fingerprint density at radius 1 is 1.32 bits per heavy atom. The zero-order valence-corrected chi connectivity index (χ0v) is 11.9. The van der Waals surface area contributed by atoms with Gasteiger partial charge in [-0.1, -0.05) is 6.42 Å². The third kappa shape index (κ3) is 2.12. The topological polar surface area (TPSA) is 62.3 Å². The summed E-state index contributed by atoms with van der Waals surface area (Å²) in [6, 6.07) is 1.70. The molecule has 2 fully saturated rings. The average Bonchev–Trinajstić information content (AvgIpc) is 2.99. The molecule has 1 N–H and O–H groups in total. The van der Waals surface area contributed by atoms with Crippen LogP contribution in [0.2, 0.25) is 0 Å². The molecule has 2 aliphatic rings. The molecule has 1 saturated heterocycles. The van der Waals surface area contributed by atoms with E-state index in [0.717, 1.165) is 0 Å². The molecule has 0 spiro atoms. The van der Waals surface area contributed by atoms with Crippen LogP contribution < -0.4 is 5.32 Å². The molecule has 104 valence electrons. The van der Waals surface area contributed by atoms with Crippen molar-refractivity contribution in [2.75, 3.05) is 25.5 Å². The van der Waals surface area contributed by atoms with Crippen LogP contribution in [-0.2, 0) is 10.0 Å². The Kier molecular flexibility index (Phi) is 3.22. The first-order valence-electron chi connectivity index (χ1n) is 6.75. The van der Waals surface area contributed by atoms with Crippen LogP contribution in [0, 0.1) is 11.8 Å². The van der Waals surface area contributed by atoms with Crippen molar-refractivity contribution >= 4 is 15.7 Å². The van der Waals surface area contributed by atoms with E-state index in [9.17, 15) is 8.42 Å². The van der Waals surface area contributed by atoms with Crippen LogP contribution in [0.25, 0.3) is 0 Å². The first-order valence-corrected chi connectivity index (χ1v) is 8.19. The van der Waals surface area contributed by atoms with Gasteiger partial charge in [-0.3, -0.25) is 4.98 Å². The SMILES string of the molecule is CNc1ccncc1S(=O)(=O)N1CC2CCCC2C1. The predicted octanol–water partition coefficient (Wildman–Crippen LogP) is 1.54. The Hall–Kier alpha value is -1.14. The molecule has 5 nitrogen and oxygen atoms in total. The first-order chi connectivity index (χ1) is 9.13. The second kappa shape index (κ2) is 4.76. The Morgan fingerprint density at radius 3 is 2.63 bits per heavy atom. The van der Waals surface area contributed by atoms with Crippen molar-refractivity contribution in [3.63, 3.8) is 0 Å². The summed E-state index contributed by atoms with van der Waals surface area (Å²) in [5, 5.41) is 2.93. The fraction of sp³-hybridized carbons (Fsp3) is 0.615. The minimum absolute atomic E-state index is 0.289. The van der Waals surface area contributed by atoms with Gasteiger partial charge in [0.1, 0.15) is 4.90 Å². The second-order valence-electron chi connectivity index (χ2n) is 5.39. The highest BCUT2D eigenvalue weighted by molar-refractivity contribution is 7.89. The molecule has 2 atom stereocenters. The Bertz CT molecular complexity index is 561. The van der Waals surface area contributed by atoms with Crippen molar-refractivity contribution in [1.29, 1.82) is 0 Å². The van der Waals surface area contributed by atoms with Crippen LogP contribution in [0.3, 0.4) is 0 Å². The molecular weight excluding hydrogens is 262 g/mol. The fourth-order valence-corrected chi connectivity index (χ4v) is 5.02. The maximum absolute atomic E-state index is 12.7. The second-order valence-corrected chi connectivity index (χ2v) is 7.30. The molecule has 1 aromatic rings. The maximum Gasteiger partial charge on any atom is 0.246 e. The monoisotopic (exact) mass is 281 g/mol. The van der Waals surface area contributed by atoms with E-state index < -0.39 is 10.0 Å². The lowest BCUT2D eigenvalue weighted by atomic mass is 10.0. The summed E-state index contributed by atoms with van der Waals surface area (Å²) >= 11 is 0. The number of nitrogens with zero attached hydrogens (tertiary/aromatic N) is 2. The van der Waals surface area contributed by atoms with Gasteiger partial charge in [0.25, 0.3) is 0 Å². The molecule has 1 aliphatic carbocycles. The number of hydrogen-bond acceptors (Lipinski definition) is 4. The third-order valence-electron chi connectivity index (χ3n) is 4.36. The highest BCUT2D eigenvalue weighted by Gasteiger charge is 2.41. The van der Waals surface area contributed by atoms with E-state index in [0.29, 0.717) is 30.6 Å². The van der Waals surface area contributed by atoms with Crippen molar-refractivity contribution in [3.8, 4) is 0 Å². The highest BCUT2D eigenvalue weighted by Crippen LogP contribution is 2.40. The molecule has 0 aromatic carbocycles. The van der Waals surface area contributed by atoms with Crippen LogP contribution in [0.15, 0.2) is 23.4 Å². The average molecular weight is 281 g/mol. The summed E-state index contributed by atoms with van der Waals surface area (Å²) < 4.78 is 27.0. The summed E-state index contributed by atoms with van der Waals surface area (Å²) in [5.41, 5.74) is 0.618. The lowest BCUT2D eigenvalue weighted by Crippen LogP contribution is -2.30. The number of hydrogen-bond donors (Lipinski definition) is 1. The van der Waals surface area contributed by atoms with Gasteiger partial charge in [0, 0.05) is 32.5 Å². The molecule has 2 heterocycles. The Morgan fingerprint density at radius 2 is 2.00 bits per heavy atom. The lowest BCUT2D eigenvalue weighted by Gasteiger charge is -2.18. The smallest absolute Gasteiger partial charge is 0.246 e. The van der Waals surface area contributed by atoms with Crippen LogP contribution in [-0.4, -0.2) is 37.8 Å². The molecule has 2 unspecified atom stereocenters. The van der Waals surface area contributed by atoms with Gasteiger partial charge in [0.05, 0.1) is 5.69 Å². The third-order valence-corrected chi connectivity index (χ3v) is 6.22. The zero-order chi connectivity index (χ0) is 13.5. The number of aromatic nitrogens is 1. The Balaban J connectivity index is 1.91.